The molecule has 0 spiro atoms. The number of likely N-dealkylation sites (N-methyl/N-ethyl adjacent to an activating group) is 2. The molecule has 2 amide bonds. The predicted octanol–water partition coefficient (Wildman–Crippen LogP) is 5.94. The number of ketones is 6. The lowest BCUT2D eigenvalue weighted by Gasteiger charge is -2.50. The highest BCUT2D eigenvalue weighted by Crippen LogP contribution is 2.56. The number of amides is 2. The molecule has 0 unspecified atom stereocenters. The Morgan fingerprint density at radius 3 is 1.33 bits per heavy atom. The van der Waals surface area contributed by atoms with E-state index in [4.69, 9.17) is 4.74 Å². The highest BCUT2D eigenvalue weighted by atomic mass is 16.5. The topological polar surface area (TPSA) is 341 Å². The first kappa shape index (κ1) is 68.3. The van der Waals surface area contributed by atoms with Crippen LogP contribution in [0, 0.1) is 23.7 Å². The van der Waals surface area contributed by atoms with Crippen molar-refractivity contribution in [3.8, 4) is 33.8 Å². The molecule has 10 N–H and O–H groups in total. The molecule has 91 heavy (non-hydrogen) atoms. The van der Waals surface area contributed by atoms with Crippen LogP contribution in [0.3, 0.4) is 0 Å². The number of phenols is 2. The van der Waals surface area contributed by atoms with E-state index in [-0.39, 0.29) is 78.7 Å². The Morgan fingerprint density at radius 1 is 0.571 bits per heavy atom. The lowest BCUT2D eigenvalue weighted by molar-refractivity contribution is -0.155. The summed E-state index contributed by atoms with van der Waals surface area (Å²) in [5.41, 5.74) is -2.38. The number of hydrogen-bond acceptors (Lipinski definition) is 20. The second-order valence-electron chi connectivity index (χ2n) is 24.8. The summed E-state index contributed by atoms with van der Waals surface area (Å²) in [4.78, 5) is 111. The summed E-state index contributed by atoms with van der Waals surface area (Å²) in [7, 11) is 11.9. The Morgan fingerprint density at radius 2 is 0.967 bits per heavy atom. The molecule has 2 saturated carbocycles. The highest BCUT2D eigenvalue weighted by Gasteiger charge is 2.66. The van der Waals surface area contributed by atoms with Gasteiger partial charge in [-0.3, -0.25) is 48.2 Å². The molecule has 0 aromatic heterocycles. The molecular weight excluding hydrogens is 1170 g/mol. The van der Waals surface area contributed by atoms with Gasteiger partial charge in [0.05, 0.1) is 23.2 Å². The van der Waals surface area contributed by atoms with Gasteiger partial charge in [-0.05, 0) is 189 Å². The number of fused-ring (bicyclic) bond motifs is 6. The van der Waals surface area contributed by atoms with Crippen LogP contribution in [0.15, 0.2) is 107 Å². The van der Waals surface area contributed by atoms with E-state index in [0.29, 0.717) is 70.6 Å². The van der Waals surface area contributed by atoms with Crippen LogP contribution in [-0.4, -0.2) is 201 Å². The molecule has 22 nitrogen and oxygen atoms in total. The normalized spacial score (nSPS) is 24.2. The van der Waals surface area contributed by atoms with E-state index < -0.39 is 116 Å². The Kier molecular flexibility index (Phi) is 20.0. The van der Waals surface area contributed by atoms with Crippen molar-refractivity contribution in [2.45, 2.75) is 89.5 Å². The molecule has 6 aliphatic rings. The lowest BCUT2D eigenvalue weighted by atomic mass is 9.57. The average molecular weight is 1250 g/mol. The number of Topliss-reactive ketones (excluding diaryl/α,β-unsaturated/α-hetero) is 6. The number of ether oxygens (including phenoxy) is 1. The molecule has 0 bridgehead atoms. The number of hydrogen-bond donors (Lipinski definition) is 10. The lowest BCUT2D eigenvalue weighted by Crippen LogP contribution is -2.65. The number of methoxy groups -OCH3 is 1. The summed E-state index contributed by atoms with van der Waals surface area (Å²) in [6.07, 6.45) is 2.80. The number of aromatic hydroxyl groups is 2. The van der Waals surface area contributed by atoms with Crippen molar-refractivity contribution in [1.29, 1.82) is 0 Å². The van der Waals surface area contributed by atoms with Gasteiger partial charge in [-0.1, -0.05) is 43.8 Å². The fourth-order valence-corrected chi connectivity index (χ4v) is 14.3. The van der Waals surface area contributed by atoms with Crippen molar-refractivity contribution < 1.29 is 83.9 Å². The third kappa shape index (κ3) is 11.9. The van der Waals surface area contributed by atoms with Crippen LogP contribution in [0.5, 0.6) is 11.5 Å². The maximum absolute atomic E-state index is 14.1. The van der Waals surface area contributed by atoms with E-state index in [1.54, 1.807) is 89.9 Å². The number of phenolic OH excluding ortho intramolecular Hbond substituents is 2. The second kappa shape index (κ2) is 26.7. The Hall–Kier alpha value is -8.64. The number of nitrogens with zero attached hydrogens (tertiary/aromatic N) is 3. The number of carbonyl (C=O) groups is 8. The molecule has 10 rings (SSSR count). The predicted molar refractivity (Wildman–Crippen MR) is 338 cm³/mol. The Balaban J connectivity index is 0.000000232. The van der Waals surface area contributed by atoms with Crippen LogP contribution in [0.25, 0.3) is 33.8 Å². The molecule has 22 heteroatoms. The first-order chi connectivity index (χ1) is 42.5. The molecule has 0 aliphatic heterocycles. The van der Waals surface area contributed by atoms with Gasteiger partial charge in [-0.2, -0.15) is 0 Å². The number of benzene rings is 4. The summed E-state index contributed by atoms with van der Waals surface area (Å²) >= 11 is 0. The summed E-state index contributed by atoms with van der Waals surface area (Å²) < 4.78 is 5.02. The van der Waals surface area contributed by atoms with Gasteiger partial charge in [0.2, 0.25) is 11.6 Å². The number of nitrogens with one attached hydrogen (secondary N) is 2. The molecule has 4 aromatic rings. The average Bonchev–Trinajstić information content (AvgIpc) is 0.710. The summed E-state index contributed by atoms with van der Waals surface area (Å²) in [6, 6.07) is 17.8. The smallest absolute Gasteiger partial charge is 0.251 e. The largest absolute Gasteiger partial charge is 0.508 e. The number of aliphatic hydroxyl groups excluding tert-OH is 4. The van der Waals surface area contributed by atoms with Gasteiger partial charge in [-0.25, -0.2) is 0 Å². The quantitative estimate of drug-likeness (QED) is 0.0432. The van der Waals surface area contributed by atoms with Gasteiger partial charge in [0.1, 0.15) is 45.7 Å². The first-order valence-corrected chi connectivity index (χ1v) is 29.9. The van der Waals surface area contributed by atoms with Crippen molar-refractivity contribution in [2.75, 3.05) is 75.6 Å². The Labute approximate surface area is 527 Å². The zero-order valence-electron chi connectivity index (χ0n) is 51.8. The summed E-state index contributed by atoms with van der Waals surface area (Å²) in [5, 5.41) is 96.5. The number of unbranched alkanes of at least 4 members (excludes halogenated alkanes) is 1. The van der Waals surface area contributed by atoms with Crippen LogP contribution < -0.4 is 10.6 Å². The SMILES string of the molecule is C.CC(=O)C1=C(O)[C@@]2(O)C(=O)C3=C(O)c4c(O)ccc(-c5cccc(C(=O)NCCCCN(C)C)c5)c4C[C@H]3C[C@H]2[C@H](N(C)C)C1=O.COCCCNC(=O)c1cccc(-c2ccc(O)c3c2C[C@H]2C[C@H]4[C@H](N(C)C)C(=O)C(C(C)=O)=C(O)[C@@]4(O)C(=O)C2=C3O)c1. The van der Waals surface area contributed by atoms with Crippen molar-refractivity contribution in [3.63, 3.8) is 0 Å². The van der Waals surface area contributed by atoms with Crippen LogP contribution in [0.1, 0.15) is 96.3 Å². The van der Waals surface area contributed by atoms with Crippen LogP contribution >= 0.6 is 0 Å². The van der Waals surface area contributed by atoms with Gasteiger partial charge >= 0.3 is 0 Å². The number of carbonyl (C=O) groups excluding carboxylic acids is 8. The third-order valence-corrected chi connectivity index (χ3v) is 18.4. The molecule has 8 atom stereocenters. The zero-order valence-corrected chi connectivity index (χ0v) is 51.8. The number of aliphatic hydroxyl groups is 6. The van der Waals surface area contributed by atoms with Gasteiger partial charge in [-0.15, -0.1) is 0 Å². The van der Waals surface area contributed by atoms with Gasteiger partial charge in [0.25, 0.3) is 11.8 Å². The molecule has 0 heterocycles. The molecule has 2 fully saturated rings. The highest BCUT2D eigenvalue weighted by molar-refractivity contribution is 6.26. The van der Waals surface area contributed by atoms with Crippen molar-refractivity contribution in [2.24, 2.45) is 23.7 Å². The minimum absolute atomic E-state index is 0. The maximum Gasteiger partial charge on any atom is 0.251 e. The van der Waals surface area contributed by atoms with Crippen LogP contribution in [0.4, 0.5) is 0 Å². The van der Waals surface area contributed by atoms with Crippen LogP contribution in [-0.2, 0) is 46.3 Å². The van der Waals surface area contributed by atoms with Crippen molar-refractivity contribution >= 4 is 58.0 Å². The fraction of sp³-hybridized carbons (Fsp3) is 0.420. The van der Waals surface area contributed by atoms with Gasteiger partial charge < -0.3 is 61.1 Å². The molecule has 0 radical (unpaired) electrons. The maximum atomic E-state index is 14.1. The summed E-state index contributed by atoms with van der Waals surface area (Å²) in [6.45, 7) is 4.56. The zero-order chi connectivity index (χ0) is 65.7. The standard InChI is InChI=1S/C35H41N3O8.C33H36N2O9.CH4/c1-18(39)26-31(42)29(38(4)5)24-17-21-16-23-22(19-9-8-10-20(15-19)34(45)36-13-6-7-14-37(2)3)11-12-25(40)28(23)30(41)27(21)33(44)35(24,46)32(26)43;1-16(36)24-29(39)27(35(2)3)22-15-19-14-21-20(17-7-5-8-18(13-17)32(42)34-11-6-12-44-4)9-10-23(37)26(21)28(38)25(19)31(41)33(22,43)30(24)40;/h8-12,15,21,24,29,40-41,43,46H,6-7,13-14,16-17H2,1-5H3,(H,36,45);5,7-10,13,19,22,27,37-38,40,43H,6,11-12,14-15H2,1-4H3,(H,34,42);1H4/t21-,24-,29-,35+;19-,22-,27-,33+;/m00./s1. The first-order valence-electron chi connectivity index (χ1n) is 29.9. The molecule has 6 aliphatic carbocycles. The van der Waals surface area contributed by atoms with Crippen LogP contribution in [0.2, 0.25) is 0 Å². The second-order valence-corrected chi connectivity index (χ2v) is 24.8. The van der Waals surface area contributed by atoms with E-state index >= 15 is 0 Å². The minimum atomic E-state index is -2.63. The minimum Gasteiger partial charge on any atom is -0.508 e. The summed E-state index contributed by atoms with van der Waals surface area (Å²) in [5.74, 6) is -12.8. The van der Waals surface area contributed by atoms with E-state index in [1.165, 1.54) is 21.9 Å². The van der Waals surface area contributed by atoms with E-state index in [9.17, 15) is 79.2 Å². The molecule has 484 valence electrons. The Bertz CT molecular complexity index is 3820. The van der Waals surface area contributed by atoms with Crippen molar-refractivity contribution in [3.05, 3.63) is 140 Å². The van der Waals surface area contributed by atoms with Gasteiger partial charge in [0, 0.05) is 60.9 Å². The fourth-order valence-electron chi connectivity index (χ4n) is 14.3. The molecule has 4 aromatic carbocycles. The number of rotatable bonds is 17. The molecule has 0 saturated heterocycles. The monoisotopic (exact) mass is 1250 g/mol. The van der Waals surface area contributed by atoms with Gasteiger partial charge in [0.15, 0.2) is 34.3 Å². The van der Waals surface area contributed by atoms with E-state index in [2.05, 4.69) is 15.5 Å². The molecular formula is C69H81N5O17. The van der Waals surface area contributed by atoms with E-state index in [0.717, 1.165) is 33.2 Å². The van der Waals surface area contributed by atoms with E-state index in [1.807, 2.05) is 20.2 Å². The van der Waals surface area contributed by atoms with Crippen molar-refractivity contribution in [1.82, 2.24) is 25.3 Å². The third-order valence-electron chi connectivity index (χ3n) is 18.4.